The minimum atomic E-state index is -4.46. The molecule has 110 valence electrons. The highest BCUT2D eigenvalue weighted by molar-refractivity contribution is 5.21. The van der Waals surface area contributed by atoms with Crippen molar-refractivity contribution >= 4 is 0 Å². The second-order valence-electron chi connectivity index (χ2n) is 5.80. The van der Waals surface area contributed by atoms with Crippen molar-refractivity contribution in [2.45, 2.75) is 44.8 Å². The molecule has 0 atom stereocenters. The zero-order valence-electron chi connectivity index (χ0n) is 11.3. The molecule has 20 heavy (non-hydrogen) atoms. The lowest BCUT2D eigenvalue weighted by atomic mass is 10.0. The molecule has 0 saturated heterocycles. The topological polar surface area (TPSA) is 29.0 Å². The van der Waals surface area contributed by atoms with E-state index in [9.17, 15) is 13.2 Å². The lowest BCUT2D eigenvalue weighted by Gasteiger charge is -2.30. The highest BCUT2D eigenvalue weighted by Gasteiger charge is 2.35. The normalized spacial score (nSPS) is 21.1. The molecule has 0 N–H and O–H groups in total. The van der Waals surface area contributed by atoms with E-state index in [2.05, 4.69) is 14.9 Å². The van der Waals surface area contributed by atoms with Crippen molar-refractivity contribution in [3.8, 4) is 0 Å². The molecule has 2 heterocycles. The lowest BCUT2D eigenvalue weighted by molar-refractivity contribution is -0.145. The monoisotopic (exact) mass is 285 g/mol. The maximum Gasteiger partial charge on any atom is 0.451 e. The molecule has 1 saturated carbocycles. The van der Waals surface area contributed by atoms with Crippen LogP contribution in [0.1, 0.15) is 42.8 Å². The summed E-state index contributed by atoms with van der Waals surface area (Å²) in [4.78, 5) is 9.41. The molecule has 1 aromatic heterocycles. The molecule has 3 rings (SSSR count). The quantitative estimate of drug-likeness (QED) is 0.836. The molecule has 2 aliphatic rings. The summed E-state index contributed by atoms with van der Waals surface area (Å²) in [5.41, 5.74) is 1.41. The standard InChI is InChI=1S/C14H18F3N3/c15-14(16,17)13-18-7-11-5-6-20(9-12(11)19-13)8-10-3-1-2-4-10/h7,10H,1-6,8-9H2. The third-order valence-corrected chi connectivity index (χ3v) is 4.27. The number of rotatable bonds is 2. The highest BCUT2D eigenvalue weighted by atomic mass is 19.4. The van der Waals surface area contributed by atoms with Gasteiger partial charge in [-0.1, -0.05) is 12.8 Å². The second kappa shape index (κ2) is 5.31. The van der Waals surface area contributed by atoms with E-state index >= 15 is 0 Å². The number of hydrogen-bond acceptors (Lipinski definition) is 3. The van der Waals surface area contributed by atoms with Gasteiger partial charge in [0.15, 0.2) is 0 Å². The Morgan fingerprint density at radius 2 is 2.00 bits per heavy atom. The third-order valence-electron chi connectivity index (χ3n) is 4.27. The number of halogens is 3. The molecule has 0 amide bonds. The van der Waals surface area contributed by atoms with Gasteiger partial charge >= 0.3 is 6.18 Å². The number of fused-ring (bicyclic) bond motifs is 1. The van der Waals surface area contributed by atoms with Gasteiger partial charge in [0, 0.05) is 25.8 Å². The van der Waals surface area contributed by atoms with Gasteiger partial charge in [0.05, 0.1) is 5.69 Å². The smallest absolute Gasteiger partial charge is 0.297 e. The fourth-order valence-electron chi connectivity index (χ4n) is 3.21. The zero-order chi connectivity index (χ0) is 14.2. The van der Waals surface area contributed by atoms with Gasteiger partial charge in [-0.25, -0.2) is 9.97 Å². The number of alkyl halides is 3. The van der Waals surface area contributed by atoms with Gasteiger partial charge in [-0.2, -0.15) is 13.2 Å². The zero-order valence-corrected chi connectivity index (χ0v) is 11.3. The molecular formula is C14H18F3N3. The van der Waals surface area contributed by atoms with E-state index in [1.54, 1.807) is 0 Å². The van der Waals surface area contributed by atoms with Gasteiger partial charge in [-0.3, -0.25) is 4.90 Å². The Morgan fingerprint density at radius 1 is 1.25 bits per heavy atom. The van der Waals surface area contributed by atoms with Crippen LogP contribution in [0.25, 0.3) is 0 Å². The maximum absolute atomic E-state index is 12.6. The average Bonchev–Trinajstić information content (AvgIpc) is 2.90. The summed E-state index contributed by atoms with van der Waals surface area (Å²) < 4.78 is 37.9. The average molecular weight is 285 g/mol. The van der Waals surface area contributed by atoms with E-state index in [0.717, 1.165) is 25.1 Å². The molecule has 0 spiro atoms. The largest absolute Gasteiger partial charge is 0.451 e. The van der Waals surface area contributed by atoms with Crippen LogP contribution in [0.2, 0.25) is 0 Å². The van der Waals surface area contributed by atoms with E-state index in [-0.39, 0.29) is 0 Å². The predicted octanol–water partition coefficient (Wildman–Crippen LogP) is 3.04. The van der Waals surface area contributed by atoms with Crippen molar-refractivity contribution in [3.05, 3.63) is 23.3 Å². The van der Waals surface area contributed by atoms with E-state index in [0.29, 0.717) is 18.2 Å². The van der Waals surface area contributed by atoms with Gasteiger partial charge in [0.1, 0.15) is 0 Å². The van der Waals surface area contributed by atoms with Crippen LogP contribution in [-0.2, 0) is 19.1 Å². The van der Waals surface area contributed by atoms with Crippen LogP contribution in [0.15, 0.2) is 6.20 Å². The van der Waals surface area contributed by atoms with E-state index in [1.165, 1.54) is 31.9 Å². The Bertz CT molecular complexity index is 481. The van der Waals surface area contributed by atoms with Gasteiger partial charge in [0.25, 0.3) is 0 Å². The fraction of sp³-hybridized carbons (Fsp3) is 0.714. The summed E-state index contributed by atoms with van der Waals surface area (Å²) in [5.74, 6) is -0.306. The molecule has 3 nitrogen and oxygen atoms in total. The summed E-state index contributed by atoms with van der Waals surface area (Å²) >= 11 is 0. The van der Waals surface area contributed by atoms with Crippen LogP contribution < -0.4 is 0 Å². The van der Waals surface area contributed by atoms with E-state index < -0.39 is 12.0 Å². The molecule has 1 aliphatic carbocycles. The molecule has 1 fully saturated rings. The van der Waals surface area contributed by atoms with Crippen molar-refractivity contribution in [1.29, 1.82) is 0 Å². The van der Waals surface area contributed by atoms with Crippen molar-refractivity contribution in [2.75, 3.05) is 13.1 Å². The van der Waals surface area contributed by atoms with Gasteiger partial charge in [-0.05, 0) is 30.7 Å². The third kappa shape index (κ3) is 2.95. The minimum Gasteiger partial charge on any atom is -0.297 e. The molecule has 0 bridgehead atoms. The Kier molecular flexibility index (Phi) is 3.67. The number of nitrogens with zero attached hydrogens (tertiary/aromatic N) is 3. The summed E-state index contributed by atoms with van der Waals surface area (Å²) in [6.07, 6.45) is 2.72. The summed E-state index contributed by atoms with van der Waals surface area (Å²) in [6.45, 7) is 2.42. The van der Waals surface area contributed by atoms with Crippen LogP contribution in [0.4, 0.5) is 13.2 Å². The summed E-state index contributed by atoms with van der Waals surface area (Å²) in [6, 6.07) is 0. The Hall–Kier alpha value is -1.17. The lowest BCUT2D eigenvalue weighted by Crippen LogP contribution is -2.35. The molecular weight excluding hydrogens is 267 g/mol. The first kappa shape index (κ1) is 13.8. The first-order valence-electron chi connectivity index (χ1n) is 7.17. The van der Waals surface area contributed by atoms with Crippen molar-refractivity contribution in [2.24, 2.45) is 5.92 Å². The van der Waals surface area contributed by atoms with E-state index in [1.807, 2.05) is 0 Å². The molecule has 0 radical (unpaired) electrons. The first-order chi connectivity index (χ1) is 9.52. The van der Waals surface area contributed by atoms with Crippen LogP contribution in [0.3, 0.4) is 0 Å². The fourth-order valence-corrected chi connectivity index (χ4v) is 3.21. The Morgan fingerprint density at radius 3 is 2.70 bits per heavy atom. The van der Waals surface area contributed by atoms with Gasteiger partial charge in [-0.15, -0.1) is 0 Å². The molecule has 1 aromatic rings. The molecule has 0 aromatic carbocycles. The van der Waals surface area contributed by atoms with Crippen LogP contribution in [0.5, 0.6) is 0 Å². The number of aromatic nitrogens is 2. The Balaban J connectivity index is 1.72. The Labute approximate surface area is 116 Å². The summed E-state index contributed by atoms with van der Waals surface area (Å²) in [7, 11) is 0. The predicted molar refractivity (Wildman–Crippen MR) is 68.0 cm³/mol. The SMILES string of the molecule is FC(F)(F)c1ncc2c(n1)CN(CC1CCCC1)CC2. The van der Waals surface area contributed by atoms with Crippen LogP contribution in [-0.4, -0.2) is 28.0 Å². The van der Waals surface area contributed by atoms with Gasteiger partial charge < -0.3 is 0 Å². The highest BCUT2D eigenvalue weighted by Crippen LogP contribution is 2.29. The van der Waals surface area contributed by atoms with E-state index in [4.69, 9.17) is 0 Å². The van der Waals surface area contributed by atoms with Crippen molar-refractivity contribution in [1.82, 2.24) is 14.9 Å². The molecule has 6 heteroatoms. The second-order valence-corrected chi connectivity index (χ2v) is 5.80. The maximum atomic E-state index is 12.6. The summed E-state index contributed by atoms with van der Waals surface area (Å²) in [5, 5.41) is 0. The van der Waals surface area contributed by atoms with Crippen molar-refractivity contribution < 1.29 is 13.2 Å². The number of hydrogen-bond donors (Lipinski definition) is 0. The first-order valence-corrected chi connectivity index (χ1v) is 7.17. The molecule has 0 unspecified atom stereocenters. The van der Waals surface area contributed by atoms with Crippen molar-refractivity contribution in [3.63, 3.8) is 0 Å². The van der Waals surface area contributed by atoms with Crippen LogP contribution in [0, 0.1) is 5.92 Å². The minimum absolute atomic E-state index is 0.525. The van der Waals surface area contributed by atoms with Gasteiger partial charge in [0.2, 0.25) is 5.82 Å². The van der Waals surface area contributed by atoms with Crippen LogP contribution >= 0.6 is 0 Å². The molecule has 1 aliphatic heterocycles.